The fraction of sp³-hybridized carbons (Fsp3) is 0.350. The Morgan fingerprint density at radius 2 is 2.00 bits per heavy atom. The molecule has 1 aliphatic rings. The molecule has 7 nitrogen and oxygen atoms in total. The van der Waals surface area contributed by atoms with E-state index in [4.69, 9.17) is 0 Å². The third kappa shape index (κ3) is 3.70. The zero-order valence-corrected chi connectivity index (χ0v) is 14.9. The van der Waals surface area contributed by atoms with E-state index in [0.717, 1.165) is 31.6 Å². The molecule has 0 aliphatic carbocycles. The monoisotopic (exact) mass is 366 g/mol. The number of rotatable bonds is 4. The average molecular weight is 366 g/mol. The van der Waals surface area contributed by atoms with Crippen LogP contribution in [-0.4, -0.2) is 42.6 Å². The van der Waals surface area contributed by atoms with Gasteiger partial charge in [-0.25, -0.2) is 4.98 Å². The number of aliphatic hydroxyl groups is 1. The molecule has 140 valence electrons. The molecule has 1 atom stereocenters. The molecule has 0 aromatic carbocycles. The van der Waals surface area contributed by atoms with E-state index in [0.29, 0.717) is 12.2 Å². The standard InChI is InChI=1S/C20H22N4O3/c25-17-5-3-9-24-18(26)12-15(22-20(17)24)13-23-10-6-14(7-11-23)19(27)16-4-1-2-8-21-16/h1-5,8-9,12,14,19,25,27H,6-7,10-11,13H2. The molecule has 1 unspecified atom stereocenters. The lowest BCUT2D eigenvalue weighted by Gasteiger charge is -2.33. The molecule has 0 radical (unpaired) electrons. The second kappa shape index (κ2) is 7.46. The molecule has 0 amide bonds. The number of fused-ring (bicyclic) bond motifs is 1. The summed E-state index contributed by atoms with van der Waals surface area (Å²) >= 11 is 0. The Labute approximate surface area is 156 Å². The van der Waals surface area contributed by atoms with Crippen LogP contribution in [0.1, 0.15) is 30.3 Å². The maximum Gasteiger partial charge on any atom is 0.258 e. The summed E-state index contributed by atoms with van der Waals surface area (Å²) in [5, 5.41) is 20.5. The molecule has 1 aliphatic heterocycles. The molecule has 3 aromatic rings. The van der Waals surface area contributed by atoms with Gasteiger partial charge in [-0.2, -0.15) is 0 Å². The number of aromatic hydroxyl groups is 1. The predicted octanol–water partition coefficient (Wildman–Crippen LogP) is 1.74. The van der Waals surface area contributed by atoms with Crippen molar-refractivity contribution in [2.24, 2.45) is 5.92 Å². The first-order chi connectivity index (χ1) is 13.1. The van der Waals surface area contributed by atoms with Gasteiger partial charge in [-0.3, -0.25) is 19.1 Å². The SMILES string of the molecule is O=c1cc(CN2CCC(C(O)c3ccccn3)CC2)nc2c(O)cccn12. The molecule has 7 heteroatoms. The van der Waals surface area contributed by atoms with Gasteiger partial charge in [0.2, 0.25) is 0 Å². The van der Waals surface area contributed by atoms with Gasteiger partial charge in [-0.05, 0) is 56.1 Å². The molecule has 0 saturated carbocycles. The van der Waals surface area contributed by atoms with Gasteiger partial charge in [0.1, 0.15) is 0 Å². The number of piperidine rings is 1. The highest BCUT2D eigenvalue weighted by atomic mass is 16.3. The van der Waals surface area contributed by atoms with Crippen molar-refractivity contribution in [1.29, 1.82) is 0 Å². The van der Waals surface area contributed by atoms with Crippen LogP contribution in [0.5, 0.6) is 5.75 Å². The van der Waals surface area contributed by atoms with E-state index in [1.165, 1.54) is 16.5 Å². The van der Waals surface area contributed by atoms with Crippen molar-refractivity contribution in [2.45, 2.75) is 25.5 Å². The van der Waals surface area contributed by atoms with Gasteiger partial charge in [0.25, 0.3) is 5.56 Å². The average Bonchev–Trinajstić information content (AvgIpc) is 2.70. The highest BCUT2D eigenvalue weighted by Crippen LogP contribution is 2.30. The van der Waals surface area contributed by atoms with Gasteiger partial charge in [-0.1, -0.05) is 6.07 Å². The van der Waals surface area contributed by atoms with Crippen molar-refractivity contribution in [3.8, 4) is 5.75 Å². The summed E-state index contributed by atoms with van der Waals surface area (Å²) in [6.45, 7) is 2.18. The van der Waals surface area contributed by atoms with E-state index >= 15 is 0 Å². The fourth-order valence-electron chi connectivity index (χ4n) is 3.69. The van der Waals surface area contributed by atoms with E-state index in [9.17, 15) is 15.0 Å². The summed E-state index contributed by atoms with van der Waals surface area (Å²) in [7, 11) is 0. The number of pyridine rings is 2. The Bertz CT molecular complexity index is 981. The van der Waals surface area contributed by atoms with Gasteiger partial charge in [0.05, 0.1) is 17.5 Å². The molecular formula is C20H22N4O3. The van der Waals surface area contributed by atoms with Gasteiger partial charge < -0.3 is 10.2 Å². The Morgan fingerprint density at radius 1 is 1.19 bits per heavy atom. The zero-order chi connectivity index (χ0) is 18.8. The lowest BCUT2D eigenvalue weighted by Crippen LogP contribution is -2.36. The van der Waals surface area contributed by atoms with Crippen LogP contribution in [-0.2, 0) is 6.54 Å². The Kier molecular flexibility index (Phi) is 4.87. The molecular weight excluding hydrogens is 344 g/mol. The van der Waals surface area contributed by atoms with Crippen LogP contribution in [0.15, 0.2) is 53.6 Å². The molecule has 2 N–H and O–H groups in total. The van der Waals surface area contributed by atoms with Crippen LogP contribution >= 0.6 is 0 Å². The van der Waals surface area contributed by atoms with Crippen LogP contribution in [0.4, 0.5) is 0 Å². The van der Waals surface area contributed by atoms with Gasteiger partial charge in [0, 0.05) is 25.0 Å². The third-order valence-corrected chi connectivity index (χ3v) is 5.18. The number of aliphatic hydroxyl groups excluding tert-OH is 1. The van der Waals surface area contributed by atoms with Crippen molar-refractivity contribution < 1.29 is 10.2 Å². The van der Waals surface area contributed by atoms with Crippen molar-refractivity contribution >= 4 is 5.65 Å². The molecule has 1 fully saturated rings. The highest BCUT2D eigenvalue weighted by molar-refractivity contribution is 5.52. The first kappa shape index (κ1) is 17.6. The maximum absolute atomic E-state index is 12.2. The minimum Gasteiger partial charge on any atom is -0.504 e. The smallest absolute Gasteiger partial charge is 0.258 e. The Balaban J connectivity index is 1.43. The van der Waals surface area contributed by atoms with E-state index in [-0.39, 0.29) is 22.9 Å². The van der Waals surface area contributed by atoms with Gasteiger partial charge >= 0.3 is 0 Å². The molecule has 3 aromatic heterocycles. The summed E-state index contributed by atoms with van der Waals surface area (Å²) in [6, 6.07) is 10.2. The molecule has 1 saturated heterocycles. The van der Waals surface area contributed by atoms with E-state index in [1.807, 2.05) is 18.2 Å². The summed E-state index contributed by atoms with van der Waals surface area (Å²) in [5.41, 5.74) is 1.44. The Morgan fingerprint density at radius 3 is 2.74 bits per heavy atom. The second-order valence-corrected chi connectivity index (χ2v) is 6.99. The van der Waals surface area contributed by atoms with E-state index in [1.54, 1.807) is 18.5 Å². The minimum atomic E-state index is -0.547. The first-order valence-corrected chi connectivity index (χ1v) is 9.13. The number of hydrogen-bond donors (Lipinski definition) is 2. The van der Waals surface area contributed by atoms with Crippen molar-refractivity contribution in [3.05, 3.63) is 70.5 Å². The topological polar surface area (TPSA) is 91.0 Å². The van der Waals surface area contributed by atoms with Crippen molar-refractivity contribution in [3.63, 3.8) is 0 Å². The van der Waals surface area contributed by atoms with Crippen LogP contribution in [0.3, 0.4) is 0 Å². The number of hydrogen-bond acceptors (Lipinski definition) is 6. The van der Waals surface area contributed by atoms with Crippen LogP contribution in [0, 0.1) is 5.92 Å². The van der Waals surface area contributed by atoms with Crippen LogP contribution < -0.4 is 5.56 Å². The third-order valence-electron chi connectivity index (χ3n) is 5.18. The minimum absolute atomic E-state index is 0.00589. The van der Waals surface area contributed by atoms with Crippen molar-refractivity contribution in [2.75, 3.05) is 13.1 Å². The molecule has 4 heterocycles. The first-order valence-electron chi connectivity index (χ1n) is 9.13. The maximum atomic E-state index is 12.2. The van der Waals surface area contributed by atoms with E-state index < -0.39 is 6.10 Å². The lowest BCUT2D eigenvalue weighted by molar-refractivity contribution is 0.0537. The molecule has 4 rings (SSSR count). The molecule has 0 bridgehead atoms. The Hall–Kier alpha value is -2.77. The van der Waals surface area contributed by atoms with Gasteiger partial charge in [-0.15, -0.1) is 0 Å². The number of nitrogens with zero attached hydrogens (tertiary/aromatic N) is 4. The largest absolute Gasteiger partial charge is 0.504 e. The number of aromatic nitrogens is 3. The second-order valence-electron chi connectivity index (χ2n) is 6.99. The van der Waals surface area contributed by atoms with Crippen LogP contribution in [0.2, 0.25) is 0 Å². The summed E-state index contributed by atoms with van der Waals surface area (Å²) in [5.74, 6) is 0.170. The molecule has 0 spiro atoms. The van der Waals surface area contributed by atoms with E-state index in [2.05, 4.69) is 14.9 Å². The molecule has 27 heavy (non-hydrogen) atoms. The normalized spacial score (nSPS) is 17.2. The number of likely N-dealkylation sites (tertiary alicyclic amines) is 1. The van der Waals surface area contributed by atoms with Crippen molar-refractivity contribution in [1.82, 2.24) is 19.3 Å². The zero-order valence-electron chi connectivity index (χ0n) is 14.9. The van der Waals surface area contributed by atoms with Gasteiger partial charge in [0.15, 0.2) is 11.4 Å². The lowest BCUT2D eigenvalue weighted by atomic mass is 9.89. The quantitative estimate of drug-likeness (QED) is 0.731. The fourth-order valence-corrected chi connectivity index (χ4v) is 3.69. The highest BCUT2D eigenvalue weighted by Gasteiger charge is 2.27. The predicted molar refractivity (Wildman–Crippen MR) is 100 cm³/mol. The summed E-state index contributed by atoms with van der Waals surface area (Å²) in [6.07, 6.45) is 4.46. The summed E-state index contributed by atoms with van der Waals surface area (Å²) < 4.78 is 1.34. The van der Waals surface area contributed by atoms with Crippen LogP contribution in [0.25, 0.3) is 5.65 Å². The summed E-state index contributed by atoms with van der Waals surface area (Å²) in [4.78, 5) is 23.2.